The fourth-order valence-electron chi connectivity index (χ4n) is 1.62. The minimum Gasteiger partial charge on any atom is -0.444 e. The lowest BCUT2D eigenvalue weighted by molar-refractivity contribution is -0.122. The van der Waals surface area contributed by atoms with Crippen LogP contribution in [0.3, 0.4) is 0 Å². The van der Waals surface area contributed by atoms with Gasteiger partial charge in [-0.1, -0.05) is 6.92 Å². The van der Waals surface area contributed by atoms with Gasteiger partial charge in [0.05, 0.1) is 0 Å². The molecule has 100 valence electrons. The van der Waals surface area contributed by atoms with Crippen LogP contribution in [-0.4, -0.2) is 35.5 Å². The number of Topliss-reactive ketones (excluding diaryl/α,β-unsaturated/α-hetero) is 1. The Morgan fingerprint density at radius 2 is 1.94 bits per heavy atom. The molecule has 4 nitrogen and oxygen atoms in total. The van der Waals surface area contributed by atoms with Gasteiger partial charge in [0.15, 0.2) is 0 Å². The Balaban J connectivity index is 0.00000256. The normalized spacial score (nSPS) is 21.5. The Labute approximate surface area is 109 Å². The van der Waals surface area contributed by atoms with Gasteiger partial charge in [-0.2, -0.15) is 0 Å². The Morgan fingerprint density at radius 3 is 2.47 bits per heavy atom. The predicted octanol–water partition coefficient (Wildman–Crippen LogP) is 2.64. The van der Waals surface area contributed by atoms with Crippen molar-refractivity contribution >= 4 is 24.3 Å². The molecule has 0 bridgehead atoms. The molecule has 1 atom stereocenters. The molecular formula is C12H22ClNO3. The number of nitrogens with zero attached hydrogens (tertiary/aromatic N) is 1. The van der Waals surface area contributed by atoms with Gasteiger partial charge in [-0.3, -0.25) is 4.79 Å². The predicted molar refractivity (Wildman–Crippen MR) is 68.5 cm³/mol. The van der Waals surface area contributed by atoms with Crippen LogP contribution in [0.5, 0.6) is 0 Å². The second-order valence-electron chi connectivity index (χ2n) is 5.37. The summed E-state index contributed by atoms with van der Waals surface area (Å²) in [5.74, 6) is 0.304. The van der Waals surface area contributed by atoms with Gasteiger partial charge in [0, 0.05) is 25.4 Å². The van der Waals surface area contributed by atoms with Crippen LogP contribution in [0, 0.1) is 5.92 Å². The standard InChI is InChI=1S/C12H21NO3.ClH/c1-9-5-7-13(8-6-10(9)14)11(15)16-12(2,3)4;/h9H,5-8H2,1-4H3;1H. The molecule has 0 aliphatic carbocycles. The molecule has 0 aromatic rings. The first kappa shape index (κ1) is 16.2. The number of hydrogen-bond donors (Lipinski definition) is 0. The number of hydrogen-bond acceptors (Lipinski definition) is 3. The number of halogens is 1. The molecule has 1 amide bonds. The molecule has 1 aliphatic rings. The largest absolute Gasteiger partial charge is 0.444 e. The number of carbonyl (C=O) groups excluding carboxylic acids is 2. The first-order valence-electron chi connectivity index (χ1n) is 5.80. The van der Waals surface area contributed by atoms with Gasteiger partial charge >= 0.3 is 6.09 Å². The zero-order chi connectivity index (χ0) is 12.3. The van der Waals surface area contributed by atoms with Gasteiger partial charge in [-0.25, -0.2) is 4.79 Å². The molecule has 1 heterocycles. The van der Waals surface area contributed by atoms with E-state index in [9.17, 15) is 9.59 Å². The highest BCUT2D eigenvalue weighted by molar-refractivity contribution is 5.85. The Kier molecular flexibility index (Phi) is 5.96. The summed E-state index contributed by atoms with van der Waals surface area (Å²) in [5, 5.41) is 0. The van der Waals surface area contributed by atoms with Crippen molar-refractivity contribution < 1.29 is 14.3 Å². The van der Waals surface area contributed by atoms with Crippen molar-refractivity contribution in [3.8, 4) is 0 Å². The highest BCUT2D eigenvalue weighted by Crippen LogP contribution is 2.16. The monoisotopic (exact) mass is 263 g/mol. The van der Waals surface area contributed by atoms with Crippen molar-refractivity contribution in [1.82, 2.24) is 4.90 Å². The topological polar surface area (TPSA) is 46.6 Å². The highest BCUT2D eigenvalue weighted by Gasteiger charge is 2.26. The van der Waals surface area contributed by atoms with E-state index in [1.165, 1.54) is 0 Å². The van der Waals surface area contributed by atoms with E-state index in [2.05, 4.69) is 0 Å². The molecule has 0 aromatic carbocycles. The quantitative estimate of drug-likeness (QED) is 0.675. The van der Waals surface area contributed by atoms with Crippen molar-refractivity contribution in [2.75, 3.05) is 13.1 Å². The van der Waals surface area contributed by atoms with Crippen LogP contribution in [0.2, 0.25) is 0 Å². The van der Waals surface area contributed by atoms with Crippen LogP contribution in [0.15, 0.2) is 0 Å². The lowest BCUT2D eigenvalue weighted by Crippen LogP contribution is -2.37. The first-order valence-corrected chi connectivity index (χ1v) is 5.80. The van der Waals surface area contributed by atoms with E-state index >= 15 is 0 Å². The second kappa shape index (κ2) is 6.24. The van der Waals surface area contributed by atoms with E-state index in [-0.39, 0.29) is 30.2 Å². The third-order valence-corrected chi connectivity index (χ3v) is 2.66. The van der Waals surface area contributed by atoms with E-state index in [1.807, 2.05) is 27.7 Å². The van der Waals surface area contributed by atoms with Crippen LogP contribution in [0.1, 0.15) is 40.5 Å². The van der Waals surface area contributed by atoms with E-state index < -0.39 is 5.60 Å². The van der Waals surface area contributed by atoms with Gasteiger partial charge in [0.25, 0.3) is 0 Å². The summed E-state index contributed by atoms with van der Waals surface area (Å²) in [7, 11) is 0. The van der Waals surface area contributed by atoms with Crippen LogP contribution < -0.4 is 0 Å². The summed E-state index contributed by atoms with van der Waals surface area (Å²) in [6, 6.07) is 0. The van der Waals surface area contributed by atoms with Crippen molar-refractivity contribution in [3.05, 3.63) is 0 Å². The molecule has 1 unspecified atom stereocenters. The average Bonchev–Trinajstić information content (AvgIpc) is 2.28. The molecular weight excluding hydrogens is 242 g/mol. The highest BCUT2D eigenvalue weighted by atomic mass is 35.5. The summed E-state index contributed by atoms with van der Waals surface area (Å²) >= 11 is 0. The molecule has 1 fully saturated rings. The number of carbonyl (C=O) groups is 2. The Bertz CT molecular complexity index is 286. The number of likely N-dealkylation sites (tertiary alicyclic amines) is 1. The van der Waals surface area contributed by atoms with E-state index in [0.717, 1.165) is 6.42 Å². The Morgan fingerprint density at radius 1 is 1.35 bits per heavy atom. The van der Waals surface area contributed by atoms with Gasteiger partial charge in [0.2, 0.25) is 0 Å². The minimum atomic E-state index is -0.473. The molecule has 1 aliphatic heterocycles. The molecule has 0 aromatic heterocycles. The molecule has 17 heavy (non-hydrogen) atoms. The van der Waals surface area contributed by atoms with Gasteiger partial charge in [0.1, 0.15) is 11.4 Å². The van der Waals surface area contributed by atoms with Crippen molar-refractivity contribution in [2.24, 2.45) is 5.92 Å². The summed E-state index contributed by atoms with van der Waals surface area (Å²) in [5.41, 5.74) is -0.473. The van der Waals surface area contributed by atoms with E-state index in [1.54, 1.807) is 4.90 Å². The van der Waals surface area contributed by atoms with Crippen molar-refractivity contribution in [2.45, 2.75) is 46.1 Å². The first-order chi connectivity index (χ1) is 7.29. The smallest absolute Gasteiger partial charge is 0.410 e. The van der Waals surface area contributed by atoms with Gasteiger partial charge < -0.3 is 9.64 Å². The van der Waals surface area contributed by atoms with E-state index in [0.29, 0.717) is 19.5 Å². The van der Waals surface area contributed by atoms with Crippen molar-refractivity contribution in [3.63, 3.8) is 0 Å². The zero-order valence-corrected chi connectivity index (χ0v) is 11.8. The SMILES string of the molecule is CC1CCN(C(=O)OC(C)(C)C)CCC1=O.Cl. The molecule has 0 N–H and O–H groups in total. The molecule has 5 heteroatoms. The maximum atomic E-state index is 11.8. The average molecular weight is 264 g/mol. The zero-order valence-electron chi connectivity index (χ0n) is 11.0. The van der Waals surface area contributed by atoms with Gasteiger partial charge in [-0.05, 0) is 27.2 Å². The lowest BCUT2D eigenvalue weighted by Gasteiger charge is -2.26. The maximum Gasteiger partial charge on any atom is 0.410 e. The molecule has 1 saturated heterocycles. The Hall–Kier alpha value is -0.770. The third kappa shape index (κ3) is 5.39. The number of ketones is 1. The molecule has 0 saturated carbocycles. The second-order valence-corrected chi connectivity index (χ2v) is 5.37. The molecule has 1 rings (SSSR count). The lowest BCUT2D eigenvalue weighted by atomic mass is 10.0. The minimum absolute atomic E-state index is 0. The number of ether oxygens (including phenoxy) is 1. The number of amides is 1. The van der Waals surface area contributed by atoms with Crippen molar-refractivity contribution in [1.29, 1.82) is 0 Å². The maximum absolute atomic E-state index is 11.8. The van der Waals surface area contributed by atoms with E-state index in [4.69, 9.17) is 4.74 Å². The fraction of sp³-hybridized carbons (Fsp3) is 0.833. The number of rotatable bonds is 0. The van der Waals surface area contributed by atoms with Gasteiger partial charge in [-0.15, -0.1) is 12.4 Å². The van der Waals surface area contributed by atoms with Crippen LogP contribution >= 0.6 is 12.4 Å². The van der Waals surface area contributed by atoms with Crippen LogP contribution in [0.4, 0.5) is 4.79 Å². The van der Waals surface area contributed by atoms with Crippen LogP contribution in [-0.2, 0) is 9.53 Å². The summed E-state index contributed by atoms with van der Waals surface area (Å²) in [6.07, 6.45) is 0.868. The molecule has 0 radical (unpaired) electrons. The summed E-state index contributed by atoms with van der Waals surface area (Å²) < 4.78 is 5.28. The summed E-state index contributed by atoms with van der Waals surface area (Å²) in [6.45, 7) is 8.55. The van der Waals surface area contributed by atoms with Crippen LogP contribution in [0.25, 0.3) is 0 Å². The fourth-order valence-corrected chi connectivity index (χ4v) is 1.62. The molecule has 0 spiro atoms. The summed E-state index contributed by atoms with van der Waals surface area (Å²) in [4.78, 5) is 24.9. The third-order valence-electron chi connectivity index (χ3n) is 2.66.